The van der Waals surface area contributed by atoms with Crippen LogP contribution in [0.3, 0.4) is 0 Å². The number of benzene rings is 1. The first-order valence-corrected chi connectivity index (χ1v) is 6.88. The number of para-hydroxylation sites is 1. The highest BCUT2D eigenvalue weighted by Gasteiger charge is 2.05. The van der Waals surface area contributed by atoms with Crippen LogP contribution in [0.2, 0.25) is 0 Å². The molecule has 3 rings (SSSR count). The lowest BCUT2D eigenvalue weighted by molar-refractivity contribution is 0.708. The van der Waals surface area contributed by atoms with E-state index in [1.54, 1.807) is 0 Å². The number of imidazole rings is 1. The molecule has 0 spiro atoms. The normalized spacial score (nSPS) is 10.9. The molecule has 4 nitrogen and oxygen atoms in total. The molecule has 2 heterocycles. The third kappa shape index (κ3) is 2.37. The van der Waals surface area contributed by atoms with Crippen molar-refractivity contribution >= 4 is 16.6 Å². The van der Waals surface area contributed by atoms with Gasteiger partial charge < -0.3 is 9.88 Å². The zero-order valence-electron chi connectivity index (χ0n) is 11.8. The van der Waals surface area contributed by atoms with Crippen LogP contribution in [-0.2, 0) is 13.1 Å². The molecular formula is C16H18N4. The summed E-state index contributed by atoms with van der Waals surface area (Å²) in [4.78, 5) is 9.01. The van der Waals surface area contributed by atoms with E-state index in [2.05, 4.69) is 45.0 Å². The standard InChI is InChI=1S/C16H18N4/c1-3-20-10-9-17-15(20)11-18-14-6-4-5-13-8-7-12(2)19-16(13)14/h4-10,18H,3,11H2,1-2H3. The average Bonchev–Trinajstić information content (AvgIpc) is 2.92. The molecular weight excluding hydrogens is 248 g/mol. The summed E-state index contributed by atoms with van der Waals surface area (Å²) in [6, 6.07) is 10.3. The third-order valence-electron chi connectivity index (χ3n) is 3.44. The molecule has 102 valence electrons. The molecule has 0 aliphatic heterocycles. The van der Waals surface area contributed by atoms with Crippen molar-refractivity contribution in [3.63, 3.8) is 0 Å². The molecule has 0 aliphatic rings. The first-order valence-electron chi connectivity index (χ1n) is 6.88. The number of anilines is 1. The topological polar surface area (TPSA) is 42.7 Å². The van der Waals surface area contributed by atoms with Crippen LogP contribution in [0.25, 0.3) is 10.9 Å². The molecule has 0 radical (unpaired) electrons. The van der Waals surface area contributed by atoms with Crippen molar-refractivity contribution in [1.29, 1.82) is 0 Å². The van der Waals surface area contributed by atoms with Crippen molar-refractivity contribution in [3.05, 3.63) is 54.2 Å². The van der Waals surface area contributed by atoms with Crippen LogP contribution in [0.4, 0.5) is 5.69 Å². The summed E-state index contributed by atoms with van der Waals surface area (Å²) in [5, 5.41) is 4.60. The van der Waals surface area contributed by atoms with Crippen molar-refractivity contribution in [2.45, 2.75) is 26.9 Å². The van der Waals surface area contributed by atoms with Gasteiger partial charge in [0.1, 0.15) is 5.82 Å². The van der Waals surface area contributed by atoms with E-state index in [-0.39, 0.29) is 0 Å². The molecule has 20 heavy (non-hydrogen) atoms. The molecule has 1 aromatic carbocycles. The zero-order valence-corrected chi connectivity index (χ0v) is 11.8. The Morgan fingerprint density at radius 2 is 2.10 bits per heavy atom. The van der Waals surface area contributed by atoms with Crippen molar-refractivity contribution in [2.75, 3.05) is 5.32 Å². The molecule has 0 saturated heterocycles. The van der Waals surface area contributed by atoms with Crippen molar-refractivity contribution in [3.8, 4) is 0 Å². The van der Waals surface area contributed by atoms with Gasteiger partial charge in [-0.2, -0.15) is 0 Å². The quantitative estimate of drug-likeness (QED) is 0.787. The summed E-state index contributed by atoms with van der Waals surface area (Å²) in [5.74, 6) is 1.04. The highest BCUT2D eigenvalue weighted by molar-refractivity contribution is 5.90. The Kier molecular flexibility index (Phi) is 3.37. The minimum Gasteiger partial charge on any atom is -0.376 e. The molecule has 3 aromatic rings. The first kappa shape index (κ1) is 12.7. The van der Waals surface area contributed by atoms with Crippen LogP contribution in [0.15, 0.2) is 42.7 Å². The lowest BCUT2D eigenvalue weighted by Crippen LogP contribution is -2.08. The predicted molar refractivity (Wildman–Crippen MR) is 81.7 cm³/mol. The maximum atomic E-state index is 4.63. The van der Waals surface area contributed by atoms with Crippen molar-refractivity contribution < 1.29 is 0 Å². The number of hydrogen-bond donors (Lipinski definition) is 1. The van der Waals surface area contributed by atoms with E-state index in [9.17, 15) is 0 Å². The van der Waals surface area contributed by atoms with Crippen LogP contribution < -0.4 is 5.32 Å². The number of pyridine rings is 1. The Labute approximate surface area is 118 Å². The molecule has 0 atom stereocenters. The van der Waals surface area contributed by atoms with Gasteiger partial charge in [0, 0.05) is 30.0 Å². The summed E-state index contributed by atoms with van der Waals surface area (Å²) in [7, 11) is 0. The number of nitrogens with zero attached hydrogens (tertiary/aromatic N) is 3. The van der Waals surface area contributed by atoms with Gasteiger partial charge >= 0.3 is 0 Å². The fraction of sp³-hybridized carbons (Fsp3) is 0.250. The minimum atomic E-state index is 0.704. The van der Waals surface area contributed by atoms with Crippen molar-refractivity contribution in [1.82, 2.24) is 14.5 Å². The van der Waals surface area contributed by atoms with E-state index in [1.165, 1.54) is 0 Å². The van der Waals surface area contributed by atoms with E-state index in [4.69, 9.17) is 0 Å². The van der Waals surface area contributed by atoms with Gasteiger partial charge in [-0.25, -0.2) is 4.98 Å². The van der Waals surface area contributed by atoms with Crippen LogP contribution >= 0.6 is 0 Å². The fourth-order valence-corrected chi connectivity index (χ4v) is 2.36. The number of fused-ring (bicyclic) bond motifs is 1. The van der Waals surface area contributed by atoms with Gasteiger partial charge in [0.25, 0.3) is 0 Å². The van der Waals surface area contributed by atoms with Gasteiger partial charge in [0.2, 0.25) is 0 Å². The van der Waals surface area contributed by atoms with Gasteiger partial charge in [-0.1, -0.05) is 18.2 Å². The number of aryl methyl sites for hydroxylation is 2. The highest BCUT2D eigenvalue weighted by atomic mass is 15.1. The maximum absolute atomic E-state index is 4.63. The Morgan fingerprint density at radius 3 is 2.95 bits per heavy atom. The summed E-state index contributed by atoms with van der Waals surface area (Å²) in [6.45, 7) is 5.77. The summed E-state index contributed by atoms with van der Waals surface area (Å²) in [6.07, 6.45) is 3.84. The van der Waals surface area contributed by atoms with E-state index < -0.39 is 0 Å². The highest BCUT2D eigenvalue weighted by Crippen LogP contribution is 2.22. The molecule has 0 amide bonds. The third-order valence-corrected chi connectivity index (χ3v) is 3.44. The minimum absolute atomic E-state index is 0.704. The fourth-order valence-electron chi connectivity index (χ4n) is 2.36. The predicted octanol–water partition coefficient (Wildman–Crippen LogP) is 3.37. The Hall–Kier alpha value is -2.36. The van der Waals surface area contributed by atoms with Crippen molar-refractivity contribution in [2.24, 2.45) is 0 Å². The van der Waals surface area contributed by atoms with E-state index in [0.717, 1.165) is 34.7 Å². The largest absolute Gasteiger partial charge is 0.376 e. The second-order valence-electron chi connectivity index (χ2n) is 4.81. The molecule has 0 unspecified atom stereocenters. The Bertz CT molecular complexity index is 730. The number of rotatable bonds is 4. The summed E-state index contributed by atoms with van der Waals surface area (Å²) in [5.41, 5.74) is 3.10. The van der Waals surface area contributed by atoms with E-state index in [1.807, 2.05) is 31.5 Å². The average molecular weight is 266 g/mol. The number of hydrogen-bond acceptors (Lipinski definition) is 3. The van der Waals surface area contributed by atoms with E-state index in [0.29, 0.717) is 6.54 Å². The second kappa shape index (κ2) is 5.33. The molecule has 0 aliphatic carbocycles. The molecule has 0 fully saturated rings. The van der Waals surface area contributed by atoms with Crippen LogP contribution in [-0.4, -0.2) is 14.5 Å². The summed E-state index contributed by atoms with van der Waals surface area (Å²) >= 11 is 0. The molecule has 0 bridgehead atoms. The van der Waals surface area contributed by atoms with E-state index >= 15 is 0 Å². The summed E-state index contributed by atoms with van der Waals surface area (Å²) < 4.78 is 2.14. The maximum Gasteiger partial charge on any atom is 0.128 e. The Morgan fingerprint density at radius 1 is 1.20 bits per heavy atom. The van der Waals surface area contributed by atoms with Crippen LogP contribution in [0.5, 0.6) is 0 Å². The van der Waals surface area contributed by atoms with Gasteiger partial charge in [-0.05, 0) is 26.0 Å². The smallest absolute Gasteiger partial charge is 0.128 e. The van der Waals surface area contributed by atoms with Crippen LogP contribution in [0.1, 0.15) is 18.4 Å². The molecule has 0 saturated carbocycles. The lowest BCUT2D eigenvalue weighted by atomic mass is 10.1. The monoisotopic (exact) mass is 266 g/mol. The SMILES string of the molecule is CCn1ccnc1CNc1cccc2ccc(C)nc12. The number of aromatic nitrogens is 3. The van der Waals surface area contributed by atoms with Gasteiger partial charge in [-0.3, -0.25) is 4.98 Å². The second-order valence-corrected chi connectivity index (χ2v) is 4.81. The lowest BCUT2D eigenvalue weighted by Gasteiger charge is -2.10. The zero-order chi connectivity index (χ0) is 13.9. The Balaban J connectivity index is 1.89. The molecule has 1 N–H and O–H groups in total. The molecule has 4 heteroatoms. The number of nitrogens with one attached hydrogen (secondary N) is 1. The molecule has 2 aromatic heterocycles. The van der Waals surface area contributed by atoms with Gasteiger partial charge in [0.15, 0.2) is 0 Å². The van der Waals surface area contributed by atoms with Gasteiger partial charge in [0.05, 0.1) is 17.7 Å². The van der Waals surface area contributed by atoms with Gasteiger partial charge in [-0.15, -0.1) is 0 Å². The first-order chi connectivity index (χ1) is 9.78. The van der Waals surface area contributed by atoms with Crippen LogP contribution in [0, 0.1) is 6.92 Å².